The fraction of sp³-hybridized carbons (Fsp3) is 0.318. The van der Waals surface area contributed by atoms with E-state index < -0.39 is 5.91 Å². The number of nitrogens with zero attached hydrogens (tertiary/aromatic N) is 1. The van der Waals surface area contributed by atoms with E-state index in [0.717, 1.165) is 31.7 Å². The van der Waals surface area contributed by atoms with Gasteiger partial charge in [-0.3, -0.25) is 10.0 Å². The molecule has 1 aliphatic heterocycles. The zero-order chi connectivity index (χ0) is 19.8. The number of hydrogen-bond donors (Lipinski definition) is 3. The summed E-state index contributed by atoms with van der Waals surface area (Å²) in [4.78, 5) is 13.6. The van der Waals surface area contributed by atoms with Gasteiger partial charge >= 0.3 is 0 Å². The molecule has 1 unspecified atom stereocenters. The number of rotatable bonds is 9. The van der Waals surface area contributed by atoms with E-state index in [0.29, 0.717) is 12.5 Å². The van der Waals surface area contributed by atoms with Crippen molar-refractivity contribution in [1.82, 2.24) is 10.8 Å². The average molecular weight is 381 g/mol. The first-order valence-electron chi connectivity index (χ1n) is 9.46. The third kappa shape index (κ3) is 5.19. The van der Waals surface area contributed by atoms with Crippen LogP contribution in [0.15, 0.2) is 54.6 Å². The minimum absolute atomic E-state index is 0.357. The van der Waals surface area contributed by atoms with E-state index in [2.05, 4.69) is 46.6 Å². The van der Waals surface area contributed by atoms with Gasteiger partial charge in [0.05, 0.1) is 6.61 Å². The van der Waals surface area contributed by atoms with Gasteiger partial charge < -0.3 is 15.0 Å². The summed E-state index contributed by atoms with van der Waals surface area (Å²) in [5.41, 5.74) is 6.30. The Morgan fingerprint density at radius 1 is 1.29 bits per heavy atom. The van der Waals surface area contributed by atoms with Crippen LogP contribution in [0.5, 0.6) is 0 Å². The molecule has 6 nitrogen and oxygen atoms in total. The molecule has 0 fully saturated rings. The van der Waals surface area contributed by atoms with Gasteiger partial charge in [0.1, 0.15) is 0 Å². The first-order valence-corrected chi connectivity index (χ1v) is 9.46. The van der Waals surface area contributed by atoms with Crippen LogP contribution in [0.2, 0.25) is 0 Å². The van der Waals surface area contributed by atoms with Crippen molar-refractivity contribution in [1.29, 1.82) is 0 Å². The highest BCUT2D eigenvalue weighted by molar-refractivity contribution is 5.91. The third-order valence-corrected chi connectivity index (χ3v) is 4.94. The van der Waals surface area contributed by atoms with Crippen molar-refractivity contribution < 1.29 is 14.7 Å². The first kappa shape index (κ1) is 20.1. The molecule has 1 amide bonds. The zero-order valence-electron chi connectivity index (χ0n) is 16.1. The molecular formula is C22H27N3O3. The van der Waals surface area contributed by atoms with Crippen LogP contribution >= 0.6 is 0 Å². The fourth-order valence-electron chi connectivity index (χ4n) is 3.54. The molecular weight excluding hydrogens is 354 g/mol. The molecule has 0 bridgehead atoms. The fourth-order valence-corrected chi connectivity index (χ4v) is 3.54. The van der Waals surface area contributed by atoms with Crippen LogP contribution in [0.3, 0.4) is 0 Å². The van der Waals surface area contributed by atoms with E-state index in [4.69, 9.17) is 9.94 Å². The van der Waals surface area contributed by atoms with Crippen LogP contribution in [0.25, 0.3) is 6.08 Å². The molecule has 1 atom stereocenters. The Balaban J connectivity index is 1.72. The normalized spacial score (nSPS) is 15.8. The standard InChI is InChI=1S/C22H27N3O3/c1-28-12-11-25-16-19(15-23-14-18-5-3-2-4-6-18)20-13-17(7-9-21(20)25)8-10-22(26)24-27/h2-10,13,19,23,27H,11-12,14-16H2,1H3,(H,24,26)/b10-8+. The van der Waals surface area contributed by atoms with Gasteiger partial charge in [-0.15, -0.1) is 0 Å². The highest BCUT2D eigenvalue weighted by Gasteiger charge is 2.28. The minimum Gasteiger partial charge on any atom is -0.383 e. The Morgan fingerprint density at radius 2 is 2.11 bits per heavy atom. The maximum absolute atomic E-state index is 11.2. The number of benzene rings is 2. The molecule has 3 rings (SSSR count). The number of nitrogens with one attached hydrogen (secondary N) is 2. The van der Waals surface area contributed by atoms with Gasteiger partial charge in [0, 0.05) is 51.0 Å². The Kier molecular flexibility index (Phi) is 7.19. The maximum atomic E-state index is 11.2. The molecule has 0 spiro atoms. The highest BCUT2D eigenvalue weighted by Crippen LogP contribution is 2.36. The zero-order valence-corrected chi connectivity index (χ0v) is 16.1. The smallest absolute Gasteiger partial charge is 0.267 e. The van der Waals surface area contributed by atoms with Gasteiger partial charge in [-0.1, -0.05) is 36.4 Å². The van der Waals surface area contributed by atoms with E-state index in [9.17, 15) is 4.79 Å². The second kappa shape index (κ2) is 10.0. The molecule has 1 aliphatic rings. The summed E-state index contributed by atoms with van der Waals surface area (Å²) in [6.07, 6.45) is 3.03. The molecule has 0 saturated carbocycles. The van der Waals surface area contributed by atoms with Crippen molar-refractivity contribution in [2.24, 2.45) is 0 Å². The summed E-state index contributed by atoms with van der Waals surface area (Å²) in [6.45, 7) is 4.17. The van der Waals surface area contributed by atoms with E-state index in [1.807, 2.05) is 12.1 Å². The predicted octanol–water partition coefficient (Wildman–Crippen LogP) is 2.54. The number of hydrogen-bond acceptors (Lipinski definition) is 5. The van der Waals surface area contributed by atoms with Gasteiger partial charge in [-0.2, -0.15) is 0 Å². The van der Waals surface area contributed by atoms with Crippen LogP contribution in [0, 0.1) is 0 Å². The third-order valence-electron chi connectivity index (χ3n) is 4.94. The van der Waals surface area contributed by atoms with Gasteiger partial charge in [0.15, 0.2) is 0 Å². The summed E-state index contributed by atoms with van der Waals surface area (Å²) >= 11 is 0. The Morgan fingerprint density at radius 3 is 2.86 bits per heavy atom. The van der Waals surface area contributed by atoms with Crippen molar-refractivity contribution in [2.75, 3.05) is 38.3 Å². The van der Waals surface area contributed by atoms with Crippen molar-refractivity contribution in [3.8, 4) is 0 Å². The lowest BCUT2D eigenvalue weighted by atomic mass is 9.98. The second-order valence-corrected chi connectivity index (χ2v) is 6.88. The molecule has 28 heavy (non-hydrogen) atoms. The number of carbonyl (C=O) groups excluding carboxylic acids is 1. The van der Waals surface area contributed by atoms with Crippen molar-refractivity contribution in [3.63, 3.8) is 0 Å². The van der Waals surface area contributed by atoms with Crippen LogP contribution in [-0.2, 0) is 16.1 Å². The molecule has 2 aromatic rings. The quantitative estimate of drug-likeness (QED) is 0.354. The van der Waals surface area contributed by atoms with Gasteiger partial charge in [-0.05, 0) is 34.9 Å². The summed E-state index contributed by atoms with van der Waals surface area (Å²) in [6, 6.07) is 16.6. The van der Waals surface area contributed by atoms with Crippen LogP contribution in [-0.4, -0.2) is 44.5 Å². The van der Waals surface area contributed by atoms with E-state index in [1.54, 1.807) is 18.7 Å². The maximum Gasteiger partial charge on any atom is 0.267 e. The number of amides is 1. The molecule has 6 heteroatoms. The van der Waals surface area contributed by atoms with Crippen LogP contribution < -0.4 is 15.7 Å². The van der Waals surface area contributed by atoms with Gasteiger partial charge in [-0.25, -0.2) is 5.48 Å². The SMILES string of the molecule is COCCN1CC(CNCc2ccccc2)c2cc(/C=C/C(=O)NO)ccc21. The molecule has 2 aromatic carbocycles. The van der Waals surface area contributed by atoms with Crippen molar-refractivity contribution in [2.45, 2.75) is 12.5 Å². The van der Waals surface area contributed by atoms with Crippen molar-refractivity contribution >= 4 is 17.7 Å². The summed E-state index contributed by atoms with van der Waals surface area (Å²) in [5.74, 6) is -0.182. The van der Waals surface area contributed by atoms with Gasteiger partial charge in [0.2, 0.25) is 0 Å². The molecule has 0 aromatic heterocycles. The minimum atomic E-state index is -0.539. The monoisotopic (exact) mass is 381 g/mol. The number of fused-ring (bicyclic) bond motifs is 1. The summed E-state index contributed by atoms with van der Waals surface area (Å²) < 4.78 is 5.26. The molecule has 148 valence electrons. The number of hydroxylamine groups is 1. The van der Waals surface area contributed by atoms with Crippen molar-refractivity contribution in [3.05, 3.63) is 71.3 Å². The van der Waals surface area contributed by atoms with E-state index >= 15 is 0 Å². The van der Waals surface area contributed by atoms with Crippen LogP contribution in [0.4, 0.5) is 5.69 Å². The molecule has 0 radical (unpaired) electrons. The van der Waals surface area contributed by atoms with Crippen LogP contribution in [0.1, 0.15) is 22.6 Å². The lowest BCUT2D eigenvalue weighted by Gasteiger charge is -2.19. The molecule has 1 heterocycles. The lowest BCUT2D eigenvalue weighted by molar-refractivity contribution is -0.124. The first-order chi connectivity index (χ1) is 13.7. The molecule has 0 aliphatic carbocycles. The number of carbonyl (C=O) groups is 1. The number of methoxy groups -OCH3 is 1. The predicted molar refractivity (Wildman–Crippen MR) is 110 cm³/mol. The molecule has 3 N–H and O–H groups in total. The largest absolute Gasteiger partial charge is 0.383 e. The lowest BCUT2D eigenvalue weighted by Crippen LogP contribution is -2.29. The Bertz CT molecular complexity index is 808. The van der Waals surface area contributed by atoms with Gasteiger partial charge in [0.25, 0.3) is 5.91 Å². The second-order valence-electron chi connectivity index (χ2n) is 6.88. The number of anilines is 1. The average Bonchev–Trinajstić information content (AvgIpc) is 3.08. The Labute approximate surface area is 165 Å². The number of ether oxygens (including phenoxy) is 1. The highest BCUT2D eigenvalue weighted by atomic mass is 16.5. The topological polar surface area (TPSA) is 73.8 Å². The molecule has 0 saturated heterocycles. The van der Waals surface area contributed by atoms with E-state index in [-0.39, 0.29) is 0 Å². The van der Waals surface area contributed by atoms with E-state index in [1.165, 1.54) is 22.9 Å². The summed E-state index contributed by atoms with van der Waals surface area (Å²) in [5, 5.41) is 12.2. The Hall–Kier alpha value is -2.67. The summed E-state index contributed by atoms with van der Waals surface area (Å²) in [7, 11) is 1.72.